The number of rotatable bonds is 2. The first-order valence-corrected chi connectivity index (χ1v) is 7.06. The molecule has 0 aromatic rings. The van der Waals surface area contributed by atoms with Gasteiger partial charge in [0.15, 0.2) is 0 Å². The highest BCUT2D eigenvalue weighted by Crippen LogP contribution is 2.25. The van der Waals surface area contributed by atoms with Gasteiger partial charge in [-0.15, -0.1) is 0 Å². The first kappa shape index (κ1) is 16.8. The van der Waals surface area contributed by atoms with E-state index < -0.39 is 11.7 Å². The minimum Gasteiger partial charge on any atom is -0.444 e. The Bertz CT molecular complexity index is 363. The van der Waals surface area contributed by atoms with Crippen LogP contribution in [-0.4, -0.2) is 48.7 Å². The third kappa shape index (κ3) is 5.00. The molecule has 0 aliphatic heterocycles. The Hall–Kier alpha value is -1.30. The maximum Gasteiger partial charge on any atom is 0.407 e. The molecule has 0 bridgehead atoms. The monoisotopic (exact) mass is 285 g/mol. The van der Waals surface area contributed by atoms with E-state index in [1.54, 1.807) is 19.0 Å². The Kier molecular flexibility index (Phi) is 5.39. The summed E-state index contributed by atoms with van der Waals surface area (Å²) in [5, 5.41) is 2.80. The fourth-order valence-corrected chi connectivity index (χ4v) is 2.43. The number of ether oxygens (including phenoxy) is 1. The fraction of sp³-hybridized carbons (Fsp3) is 0.857. The fourth-order valence-electron chi connectivity index (χ4n) is 2.43. The van der Waals surface area contributed by atoms with Crippen molar-refractivity contribution >= 4 is 12.0 Å². The number of hydrogen-bond donors (Lipinski definition) is 2. The predicted octanol–water partition coefficient (Wildman–Crippen LogP) is 1.10. The van der Waals surface area contributed by atoms with Crippen LogP contribution >= 0.6 is 0 Å². The summed E-state index contributed by atoms with van der Waals surface area (Å²) in [5.41, 5.74) is 5.56. The van der Waals surface area contributed by atoms with Gasteiger partial charge in [-0.3, -0.25) is 4.79 Å². The molecule has 1 saturated carbocycles. The molecule has 1 rings (SSSR count). The number of nitrogens with one attached hydrogen (secondary N) is 1. The third-order valence-corrected chi connectivity index (χ3v) is 3.39. The number of carbonyl (C=O) groups is 2. The Balaban J connectivity index is 2.49. The topological polar surface area (TPSA) is 84.7 Å². The van der Waals surface area contributed by atoms with Gasteiger partial charge in [-0.2, -0.15) is 0 Å². The van der Waals surface area contributed by atoms with Crippen molar-refractivity contribution in [3.8, 4) is 0 Å². The van der Waals surface area contributed by atoms with Crippen molar-refractivity contribution in [2.75, 3.05) is 14.1 Å². The quantitative estimate of drug-likeness (QED) is 0.795. The Morgan fingerprint density at radius 2 is 1.85 bits per heavy atom. The van der Waals surface area contributed by atoms with E-state index in [-0.39, 0.29) is 23.9 Å². The molecule has 0 aromatic heterocycles. The van der Waals surface area contributed by atoms with Crippen molar-refractivity contribution in [3.05, 3.63) is 0 Å². The third-order valence-electron chi connectivity index (χ3n) is 3.39. The summed E-state index contributed by atoms with van der Waals surface area (Å²) in [6.07, 6.45) is 1.59. The molecule has 1 aliphatic carbocycles. The van der Waals surface area contributed by atoms with Gasteiger partial charge in [0, 0.05) is 32.1 Å². The zero-order valence-corrected chi connectivity index (χ0v) is 13.1. The highest BCUT2D eigenvalue weighted by Gasteiger charge is 2.34. The molecule has 116 valence electrons. The summed E-state index contributed by atoms with van der Waals surface area (Å²) in [6, 6.07) is -0.346. The molecule has 2 amide bonds. The van der Waals surface area contributed by atoms with Crippen molar-refractivity contribution < 1.29 is 14.3 Å². The second kappa shape index (κ2) is 6.43. The second-order valence-corrected chi connectivity index (χ2v) is 6.66. The maximum atomic E-state index is 11.9. The van der Waals surface area contributed by atoms with E-state index in [4.69, 9.17) is 10.5 Å². The molecule has 20 heavy (non-hydrogen) atoms. The van der Waals surface area contributed by atoms with Crippen molar-refractivity contribution in [1.29, 1.82) is 0 Å². The van der Waals surface area contributed by atoms with Gasteiger partial charge in [0.2, 0.25) is 5.91 Å². The van der Waals surface area contributed by atoms with Crippen LogP contribution in [0, 0.1) is 5.92 Å². The summed E-state index contributed by atoms with van der Waals surface area (Å²) in [7, 11) is 3.50. The lowest BCUT2D eigenvalue weighted by molar-refractivity contribution is -0.134. The lowest BCUT2D eigenvalue weighted by atomic mass is 9.82. The van der Waals surface area contributed by atoms with Crippen LogP contribution in [0.2, 0.25) is 0 Å². The van der Waals surface area contributed by atoms with Gasteiger partial charge >= 0.3 is 6.09 Å². The van der Waals surface area contributed by atoms with E-state index in [1.807, 2.05) is 20.8 Å². The summed E-state index contributed by atoms with van der Waals surface area (Å²) in [5.74, 6) is 0.0628. The van der Waals surface area contributed by atoms with Crippen LogP contribution < -0.4 is 11.1 Å². The largest absolute Gasteiger partial charge is 0.444 e. The normalized spacial score (nSPS) is 26.8. The highest BCUT2D eigenvalue weighted by molar-refractivity contribution is 5.78. The summed E-state index contributed by atoms with van der Waals surface area (Å²) < 4.78 is 5.22. The number of nitrogens with two attached hydrogens (primary N) is 1. The van der Waals surface area contributed by atoms with Crippen molar-refractivity contribution in [3.63, 3.8) is 0 Å². The van der Waals surface area contributed by atoms with E-state index in [0.717, 1.165) is 6.42 Å². The van der Waals surface area contributed by atoms with Crippen LogP contribution in [-0.2, 0) is 9.53 Å². The second-order valence-electron chi connectivity index (χ2n) is 6.66. The van der Waals surface area contributed by atoms with Gasteiger partial charge in [-0.05, 0) is 40.0 Å². The minimum absolute atomic E-state index is 0.0447. The Morgan fingerprint density at radius 3 is 2.30 bits per heavy atom. The van der Waals surface area contributed by atoms with Gasteiger partial charge in [0.1, 0.15) is 5.60 Å². The smallest absolute Gasteiger partial charge is 0.407 e. The molecule has 3 atom stereocenters. The molecular formula is C14H27N3O3. The SMILES string of the molecule is CN(C)C(=O)[C@H]1CC[C@H](NC(=O)OC(C)(C)C)[C@@H](N)C1. The average Bonchev–Trinajstić information content (AvgIpc) is 2.28. The van der Waals surface area contributed by atoms with Crippen LogP contribution in [0.15, 0.2) is 0 Å². The van der Waals surface area contributed by atoms with E-state index in [2.05, 4.69) is 5.32 Å². The molecule has 0 radical (unpaired) electrons. The predicted molar refractivity (Wildman–Crippen MR) is 77.2 cm³/mol. The standard InChI is InChI=1S/C14H27N3O3/c1-14(2,3)20-13(19)16-11-7-6-9(8-10(11)15)12(18)17(4)5/h9-11H,6-8,15H2,1-5H3,(H,16,19)/t9-,10-,11-/m0/s1. The maximum absolute atomic E-state index is 11.9. The molecule has 6 nitrogen and oxygen atoms in total. The number of nitrogens with zero attached hydrogens (tertiary/aromatic N) is 1. The molecule has 3 N–H and O–H groups in total. The van der Waals surface area contributed by atoms with Crippen molar-refractivity contribution in [2.24, 2.45) is 11.7 Å². The van der Waals surface area contributed by atoms with Gasteiger partial charge in [-0.1, -0.05) is 0 Å². The Morgan fingerprint density at radius 1 is 1.25 bits per heavy atom. The van der Waals surface area contributed by atoms with Gasteiger partial charge < -0.3 is 20.7 Å². The zero-order valence-electron chi connectivity index (χ0n) is 13.1. The lowest BCUT2D eigenvalue weighted by Gasteiger charge is -2.35. The number of hydrogen-bond acceptors (Lipinski definition) is 4. The van der Waals surface area contributed by atoms with Crippen LogP contribution in [0.5, 0.6) is 0 Å². The molecule has 0 heterocycles. The van der Waals surface area contributed by atoms with Crippen LogP contribution in [0.25, 0.3) is 0 Å². The first-order chi connectivity index (χ1) is 9.10. The van der Waals surface area contributed by atoms with Gasteiger partial charge in [0.05, 0.1) is 0 Å². The molecule has 0 unspecified atom stereocenters. The average molecular weight is 285 g/mol. The molecule has 1 fully saturated rings. The number of alkyl carbamates (subject to hydrolysis) is 1. The molecule has 0 aromatic carbocycles. The zero-order chi connectivity index (χ0) is 15.5. The van der Waals surface area contributed by atoms with Crippen molar-refractivity contribution in [1.82, 2.24) is 10.2 Å². The van der Waals surface area contributed by atoms with Crippen LogP contribution in [0.3, 0.4) is 0 Å². The molecule has 0 spiro atoms. The van der Waals surface area contributed by atoms with Crippen LogP contribution in [0.1, 0.15) is 40.0 Å². The van der Waals surface area contributed by atoms with Gasteiger partial charge in [-0.25, -0.2) is 4.79 Å². The first-order valence-electron chi connectivity index (χ1n) is 7.06. The van der Waals surface area contributed by atoms with Gasteiger partial charge in [0.25, 0.3) is 0 Å². The van der Waals surface area contributed by atoms with Crippen LogP contribution in [0.4, 0.5) is 4.79 Å². The molecule has 6 heteroatoms. The molecular weight excluding hydrogens is 258 g/mol. The van der Waals surface area contributed by atoms with E-state index >= 15 is 0 Å². The minimum atomic E-state index is -0.522. The Labute approximate surface area is 121 Å². The van der Waals surface area contributed by atoms with Crippen molar-refractivity contribution in [2.45, 2.75) is 57.7 Å². The number of carbonyl (C=O) groups excluding carboxylic acids is 2. The summed E-state index contributed by atoms with van der Waals surface area (Å²) in [4.78, 5) is 25.2. The molecule has 0 saturated heterocycles. The molecule has 1 aliphatic rings. The lowest BCUT2D eigenvalue weighted by Crippen LogP contribution is -2.53. The van der Waals surface area contributed by atoms with E-state index in [9.17, 15) is 9.59 Å². The highest BCUT2D eigenvalue weighted by atomic mass is 16.6. The number of amides is 2. The summed E-state index contributed by atoms with van der Waals surface area (Å²) >= 11 is 0. The van der Waals surface area contributed by atoms with E-state index in [1.165, 1.54) is 0 Å². The summed E-state index contributed by atoms with van der Waals surface area (Å²) in [6.45, 7) is 5.46. The van der Waals surface area contributed by atoms with E-state index in [0.29, 0.717) is 12.8 Å².